The first-order chi connectivity index (χ1) is 19.8. The Bertz CT molecular complexity index is 1500. The average Bonchev–Trinajstić information content (AvgIpc) is 3.65. The molecule has 1 amide bonds. The lowest BCUT2D eigenvalue weighted by Crippen LogP contribution is -2.52. The number of thiophene rings is 1. The number of aromatic nitrogens is 3. The van der Waals surface area contributed by atoms with E-state index < -0.39 is 11.7 Å². The highest BCUT2D eigenvalue weighted by atomic mass is 32.2. The molecule has 2 unspecified atom stereocenters. The predicted octanol–water partition coefficient (Wildman–Crippen LogP) is 4.42. The summed E-state index contributed by atoms with van der Waals surface area (Å²) in [6, 6.07) is 6.40. The largest absolute Gasteiger partial charge is 0.420 e. The fraction of sp³-hybridized carbons (Fsp3) is 0.481. The first kappa shape index (κ1) is 26.9. The van der Waals surface area contributed by atoms with Gasteiger partial charge in [0.1, 0.15) is 16.3 Å². The Morgan fingerprint density at radius 2 is 2.05 bits per heavy atom. The monoisotopic (exact) mass is 603 g/mol. The zero-order valence-corrected chi connectivity index (χ0v) is 23.8. The minimum atomic E-state index is -4.66. The summed E-state index contributed by atoms with van der Waals surface area (Å²) in [7, 11) is 0. The van der Waals surface area contributed by atoms with E-state index in [2.05, 4.69) is 25.5 Å². The van der Waals surface area contributed by atoms with Crippen LogP contribution >= 0.6 is 23.1 Å². The summed E-state index contributed by atoms with van der Waals surface area (Å²) in [6.45, 7) is 5.38. The number of carbonyl (C=O) groups excluding carboxylic acids is 1. The molecule has 41 heavy (non-hydrogen) atoms. The van der Waals surface area contributed by atoms with Gasteiger partial charge < -0.3 is 25.2 Å². The van der Waals surface area contributed by atoms with E-state index in [4.69, 9.17) is 9.72 Å². The van der Waals surface area contributed by atoms with Crippen LogP contribution in [0.15, 0.2) is 29.3 Å². The van der Waals surface area contributed by atoms with E-state index in [-0.39, 0.29) is 28.5 Å². The number of halogens is 3. The minimum Gasteiger partial charge on any atom is -0.377 e. The van der Waals surface area contributed by atoms with Gasteiger partial charge in [-0.05, 0) is 31.0 Å². The second-order valence-corrected chi connectivity index (χ2v) is 12.8. The molecule has 4 aliphatic rings. The first-order valence-corrected chi connectivity index (χ1v) is 15.5. The number of alkyl halides is 3. The van der Waals surface area contributed by atoms with E-state index in [0.717, 1.165) is 48.6 Å². The van der Waals surface area contributed by atoms with Gasteiger partial charge in [-0.15, -0.1) is 23.1 Å². The molecule has 3 saturated heterocycles. The highest BCUT2D eigenvalue weighted by molar-refractivity contribution is 7.99. The molecule has 216 valence electrons. The van der Waals surface area contributed by atoms with Gasteiger partial charge in [-0.3, -0.25) is 4.79 Å². The molecule has 4 aliphatic heterocycles. The van der Waals surface area contributed by atoms with Gasteiger partial charge in [-0.2, -0.15) is 13.2 Å². The maximum atomic E-state index is 14.1. The molecule has 0 aromatic carbocycles. The van der Waals surface area contributed by atoms with Crippen molar-refractivity contribution in [1.82, 2.24) is 25.2 Å². The van der Waals surface area contributed by atoms with Gasteiger partial charge in [0.2, 0.25) is 5.95 Å². The second kappa shape index (κ2) is 10.4. The molecule has 7 rings (SSSR count). The van der Waals surface area contributed by atoms with Crippen LogP contribution in [0.3, 0.4) is 0 Å². The van der Waals surface area contributed by atoms with Crippen LogP contribution in [0.4, 0.5) is 30.6 Å². The zero-order chi connectivity index (χ0) is 28.3. The van der Waals surface area contributed by atoms with Gasteiger partial charge >= 0.3 is 6.18 Å². The van der Waals surface area contributed by atoms with Crippen LogP contribution in [-0.2, 0) is 17.3 Å². The number of rotatable bonds is 6. The molecule has 2 atom stereocenters. The molecule has 3 fully saturated rings. The van der Waals surface area contributed by atoms with E-state index >= 15 is 0 Å². The second-order valence-electron chi connectivity index (χ2n) is 10.6. The number of piperazine rings is 1. The number of amides is 1. The number of nitrogens with zero attached hydrogens (tertiary/aromatic N) is 5. The summed E-state index contributed by atoms with van der Waals surface area (Å²) in [4.78, 5) is 32.1. The van der Waals surface area contributed by atoms with Crippen molar-refractivity contribution in [2.45, 2.75) is 49.0 Å². The van der Waals surface area contributed by atoms with Crippen LogP contribution in [-0.4, -0.2) is 82.5 Å². The number of nitrogens with one attached hydrogen (secondary N) is 2. The summed E-state index contributed by atoms with van der Waals surface area (Å²) >= 11 is 2.52. The summed E-state index contributed by atoms with van der Waals surface area (Å²) in [6.07, 6.45) is -2.12. The summed E-state index contributed by atoms with van der Waals surface area (Å²) in [5, 5.41) is 6.60. The molecule has 3 aromatic rings. The molecule has 2 N–H and O–H groups in total. The van der Waals surface area contributed by atoms with Crippen molar-refractivity contribution < 1.29 is 22.7 Å². The van der Waals surface area contributed by atoms with Gasteiger partial charge in [0, 0.05) is 48.6 Å². The van der Waals surface area contributed by atoms with Crippen molar-refractivity contribution >= 4 is 46.5 Å². The number of aryl methyl sites for hydroxylation is 1. The smallest absolute Gasteiger partial charge is 0.377 e. The molecule has 7 heterocycles. The summed E-state index contributed by atoms with van der Waals surface area (Å²) < 4.78 is 47.6. The highest BCUT2D eigenvalue weighted by Gasteiger charge is 2.39. The lowest BCUT2D eigenvalue weighted by atomic mass is 10.2. The van der Waals surface area contributed by atoms with Crippen LogP contribution in [0.2, 0.25) is 0 Å². The Labute approximate surface area is 242 Å². The number of ether oxygens (including phenoxy) is 1. The highest BCUT2D eigenvalue weighted by Crippen LogP contribution is 2.43. The van der Waals surface area contributed by atoms with Gasteiger partial charge in [0.25, 0.3) is 5.91 Å². The third kappa shape index (κ3) is 4.94. The van der Waals surface area contributed by atoms with Crippen molar-refractivity contribution in [3.05, 3.63) is 40.5 Å². The third-order valence-corrected chi connectivity index (χ3v) is 10.3. The number of pyridine rings is 1. The van der Waals surface area contributed by atoms with Crippen LogP contribution in [0.25, 0.3) is 10.6 Å². The molecule has 2 bridgehead atoms. The van der Waals surface area contributed by atoms with Crippen LogP contribution < -0.4 is 15.5 Å². The van der Waals surface area contributed by atoms with Crippen molar-refractivity contribution in [1.29, 1.82) is 0 Å². The van der Waals surface area contributed by atoms with Crippen LogP contribution in [0.1, 0.15) is 34.3 Å². The Hall–Kier alpha value is -2.94. The number of thioether (sulfide) groups is 1. The van der Waals surface area contributed by atoms with E-state index in [1.54, 1.807) is 11.0 Å². The normalized spacial score (nSPS) is 22.6. The van der Waals surface area contributed by atoms with E-state index in [9.17, 15) is 18.0 Å². The van der Waals surface area contributed by atoms with E-state index in [1.807, 2.05) is 19.1 Å². The van der Waals surface area contributed by atoms with Gasteiger partial charge in [-0.1, -0.05) is 6.92 Å². The number of carbonyl (C=O) groups is 1. The molecule has 9 nitrogen and oxygen atoms in total. The van der Waals surface area contributed by atoms with E-state index in [1.165, 1.54) is 11.8 Å². The standard InChI is InChI=1S/C27H28F3N7O2S2/c1-2-18-19(3-4-22(33-18)37-11-14-7-15(37)9-31-14)34-26-32-10-17(27(28,29)30)23(35-26)20-8-21-24(41-20)25(38)36(5-6-40-21)16-12-39-13-16/h3-4,8,10,14-16,31H,2,5-7,9,11-13H2,1H3,(H,32,34,35). The average molecular weight is 604 g/mol. The van der Waals surface area contributed by atoms with Gasteiger partial charge in [-0.25, -0.2) is 15.0 Å². The first-order valence-electron chi connectivity index (χ1n) is 13.7. The van der Waals surface area contributed by atoms with Crippen molar-refractivity contribution in [2.75, 3.05) is 48.8 Å². The predicted molar refractivity (Wildman–Crippen MR) is 151 cm³/mol. The van der Waals surface area contributed by atoms with Crippen LogP contribution in [0.5, 0.6) is 0 Å². The fourth-order valence-electron chi connectivity index (χ4n) is 5.82. The van der Waals surface area contributed by atoms with Crippen molar-refractivity contribution in [3.63, 3.8) is 0 Å². The van der Waals surface area contributed by atoms with Crippen molar-refractivity contribution in [3.8, 4) is 10.6 Å². The quantitative estimate of drug-likeness (QED) is 0.425. The molecule has 0 saturated carbocycles. The maximum absolute atomic E-state index is 14.1. The zero-order valence-electron chi connectivity index (χ0n) is 22.2. The number of hydrogen-bond donors (Lipinski definition) is 2. The topological polar surface area (TPSA) is 95.5 Å². The molecule has 0 radical (unpaired) electrons. The van der Waals surface area contributed by atoms with E-state index in [0.29, 0.717) is 59.5 Å². The molecular weight excluding hydrogens is 575 g/mol. The lowest BCUT2D eigenvalue weighted by Gasteiger charge is -2.36. The van der Waals surface area contributed by atoms with Gasteiger partial charge in [0.05, 0.1) is 41.2 Å². The fourth-order valence-corrected chi connectivity index (χ4v) is 8.13. The number of hydrogen-bond acceptors (Lipinski definition) is 10. The molecule has 0 aliphatic carbocycles. The molecule has 0 spiro atoms. The van der Waals surface area contributed by atoms with Gasteiger partial charge in [0.15, 0.2) is 0 Å². The minimum absolute atomic E-state index is 0.00484. The Balaban J connectivity index is 1.20. The number of anilines is 3. The number of fused-ring (bicyclic) bond motifs is 3. The third-order valence-electron chi connectivity index (χ3n) is 8.02. The Morgan fingerprint density at radius 1 is 1.20 bits per heavy atom. The SMILES string of the molecule is CCc1nc(N2CC3CC2CN3)ccc1Nc1ncc(C(F)(F)F)c(-c2cc3c(s2)C(=O)N(C2COC2)CCS3)n1. The Kier molecular flexibility index (Phi) is 6.83. The van der Waals surface area contributed by atoms with Crippen molar-refractivity contribution in [2.24, 2.45) is 0 Å². The molecule has 3 aromatic heterocycles. The van der Waals surface area contributed by atoms with Crippen LogP contribution in [0, 0.1) is 0 Å². The molecule has 14 heteroatoms. The lowest BCUT2D eigenvalue weighted by molar-refractivity contribution is -0.137. The molecular formula is C27H28F3N7O2S2. The summed E-state index contributed by atoms with van der Waals surface area (Å²) in [5.41, 5.74) is 0.245. The maximum Gasteiger partial charge on any atom is 0.420 e. The summed E-state index contributed by atoms with van der Waals surface area (Å²) in [5.74, 6) is 1.43. The Morgan fingerprint density at radius 3 is 2.73 bits per heavy atom.